The van der Waals surface area contributed by atoms with Gasteiger partial charge in [0, 0.05) is 11.8 Å². The molecule has 116 valence electrons. The highest BCUT2D eigenvalue weighted by Crippen LogP contribution is 2.21. The molecule has 2 aromatic carbocycles. The van der Waals surface area contributed by atoms with Crippen molar-refractivity contribution in [2.45, 2.75) is 0 Å². The van der Waals surface area contributed by atoms with E-state index < -0.39 is 22.3 Å². The van der Waals surface area contributed by atoms with Gasteiger partial charge in [-0.2, -0.15) is 9.65 Å². The summed E-state index contributed by atoms with van der Waals surface area (Å²) in [6, 6.07) is 11.1. The Labute approximate surface area is 130 Å². The van der Waals surface area contributed by atoms with Gasteiger partial charge in [-0.3, -0.25) is 14.9 Å². The normalized spacial score (nSPS) is 9.74. The molecular formula is C15H10FN3O4. The van der Waals surface area contributed by atoms with Gasteiger partial charge in [-0.05, 0) is 36.4 Å². The standard InChI is InChI=1S/C15H10FN3O4/c16-13-6-3-11(7-14(13)19(21)22)18-15(20)9-23-12-4-1-10(8-17)2-5-12/h1-7H,9H2,(H,18,20). The summed E-state index contributed by atoms with van der Waals surface area (Å²) in [5, 5.41) is 21.7. The third kappa shape index (κ3) is 4.25. The number of hydrogen-bond acceptors (Lipinski definition) is 5. The number of nitriles is 1. The molecule has 0 spiro atoms. The highest BCUT2D eigenvalue weighted by Gasteiger charge is 2.15. The Morgan fingerprint density at radius 2 is 2.00 bits per heavy atom. The highest BCUT2D eigenvalue weighted by atomic mass is 19.1. The quantitative estimate of drug-likeness (QED) is 0.674. The van der Waals surface area contributed by atoms with Gasteiger partial charge in [0.15, 0.2) is 6.61 Å². The van der Waals surface area contributed by atoms with E-state index in [9.17, 15) is 19.3 Å². The summed E-state index contributed by atoms with van der Waals surface area (Å²) in [7, 11) is 0. The Morgan fingerprint density at radius 1 is 1.30 bits per heavy atom. The van der Waals surface area contributed by atoms with Gasteiger partial charge in [-0.25, -0.2) is 0 Å². The minimum absolute atomic E-state index is 0.0894. The zero-order chi connectivity index (χ0) is 16.8. The number of nitro benzene ring substituents is 1. The fraction of sp³-hybridized carbons (Fsp3) is 0.0667. The van der Waals surface area contributed by atoms with E-state index in [0.717, 1.165) is 12.1 Å². The Morgan fingerprint density at radius 3 is 2.61 bits per heavy atom. The molecule has 0 radical (unpaired) electrons. The SMILES string of the molecule is N#Cc1ccc(OCC(=O)Nc2ccc(F)c([N+](=O)[O-])c2)cc1. The third-order valence-electron chi connectivity index (χ3n) is 2.78. The first kappa shape index (κ1) is 15.9. The van der Waals surface area contributed by atoms with Crippen molar-refractivity contribution in [2.75, 3.05) is 11.9 Å². The number of nitrogens with zero attached hydrogens (tertiary/aromatic N) is 2. The third-order valence-corrected chi connectivity index (χ3v) is 2.78. The molecule has 0 aliphatic carbocycles. The van der Waals surface area contributed by atoms with Crippen molar-refractivity contribution in [1.29, 1.82) is 5.26 Å². The summed E-state index contributed by atoms with van der Waals surface area (Å²) in [4.78, 5) is 21.5. The lowest BCUT2D eigenvalue weighted by molar-refractivity contribution is -0.387. The van der Waals surface area contributed by atoms with Crippen LogP contribution < -0.4 is 10.1 Å². The van der Waals surface area contributed by atoms with Crippen LogP contribution in [-0.2, 0) is 4.79 Å². The summed E-state index contributed by atoms with van der Waals surface area (Å²) in [5.74, 6) is -1.15. The lowest BCUT2D eigenvalue weighted by Gasteiger charge is -2.07. The van der Waals surface area contributed by atoms with Gasteiger partial charge in [-0.1, -0.05) is 0 Å². The molecule has 23 heavy (non-hydrogen) atoms. The molecule has 0 aliphatic rings. The van der Waals surface area contributed by atoms with Crippen molar-refractivity contribution in [3.63, 3.8) is 0 Å². The van der Waals surface area contributed by atoms with Crippen molar-refractivity contribution in [2.24, 2.45) is 0 Å². The molecule has 0 aliphatic heterocycles. The van der Waals surface area contributed by atoms with E-state index in [1.165, 1.54) is 30.3 Å². The van der Waals surface area contributed by atoms with Crippen LogP contribution in [0.5, 0.6) is 5.75 Å². The molecular weight excluding hydrogens is 305 g/mol. The number of halogens is 1. The molecule has 2 aromatic rings. The zero-order valence-electron chi connectivity index (χ0n) is 11.7. The van der Waals surface area contributed by atoms with E-state index in [4.69, 9.17) is 10.00 Å². The summed E-state index contributed by atoms with van der Waals surface area (Å²) in [6.07, 6.45) is 0. The van der Waals surface area contributed by atoms with E-state index >= 15 is 0 Å². The van der Waals surface area contributed by atoms with Crippen LogP contribution in [0.4, 0.5) is 15.8 Å². The summed E-state index contributed by atoms with van der Waals surface area (Å²) >= 11 is 0. The first-order valence-electron chi connectivity index (χ1n) is 6.36. The lowest BCUT2D eigenvalue weighted by atomic mass is 10.2. The van der Waals surface area contributed by atoms with Crippen molar-refractivity contribution < 1.29 is 18.8 Å². The van der Waals surface area contributed by atoms with E-state index in [2.05, 4.69) is 5.32 Å². The Bertz CT molecular complexity index is 784. The fourth-order valence-electron chi connectivity index (χ4n) is 1.70. The predicted molar refractivity (Wildman–Crippen MR) is 78.3 cm³/mol. The topological polar surface area (TPSA) is 105 Å². The highest BCUT2D eigenvalue weighted by molar-refractivity contribution is 5.92. The number of benzene rings is 2. The fourth-order valence-corrected chi connectivity index (χ4v) is 1.70. The Hall–Kier alpha value is -3.47. The first-order valence-corrected chi connectivity index (χ1v) is 6.36. The summed E-state index contributed by atoms with van der Waals surface area (Å²) in [6.45, 7) is -0.336. The smallest absolute Gasteiger partial charge is 0.306 e. The van der Waals surface area contributed by atoms with Crippen molar-refractivity contribution in [3.8, 4) is 11.8 Å². The lowest BCUT2D eigenvalue weighted by Crippen LogP contribution is -2.20. The molecule has 0 saturated carbocycles. The minimum Gasteiger partial charge on any atom is -0.484 e. The maximum Gasteiger partial charge on any atom is 0.306 e. The molecule has 0 saturated heterocycles. The maximum absolute atomic E-state index is 13.2. The number of amides is 1. The van der Waals surface area contributed by atoms with Crippen LogP contribution >= 0.6 is 0 Å². The molecule has 0 aromatic heterocycles. The van der Waals surface area contributed by atoms with Gasteiger partial charge in [0.2, 0.25) is 5.82 Å². The van der Waals surface area contributed by atoms with E-state index in [1.54, 1.807) is 0 Å². The van der Waals surface area contributed by atoms with Gasteiger partial charge in [0.1, 0.15) is 5.75 Å². The molecule has 0 atom stereocenters. The number of hydrogen-bond donors (Lipinski definition) is 1. The average molecular weight is 315 g/mol. The maximum atomic E-state index is 13.2. The van der Waals surface area contributed by atoms with Crippen molar-refractivity contribution in [3.05, 3.63) is 64.0 Å². The summed E-state index contributed by atoms with van der Waals surface area (Å²) in [5.41, 5.74) is -0.178. The summed E-state index contributed by atoms with van der Waals surface area (Å²) < 4.78 is 18.4. The van der Waals surface area contributed by atoms with Gasteiger partial charge in [0.05, 0.1) is 16.6 Å². The second-order valence-corrected chi connectivity index (χ2v) is 4.40. The molecule has 7 nitrogen and oxygen atoms in total. The van der Waals surface area contributed by atoms with Crippen molar-refractivity contribution in [1.82, 2.24) is 0 Å². The second kappa shape index (κ2) is 7.00. The monoisotopic (exact) mass is 315 g/mol. The van der Waals surface area contributed by atoms with Crippen LogP contribution in [0.2, 0.25) is 0 Å². The number of nitrogens with one attached hydrogen (secondary N) is 1. The van der Waals surface area contributed by atoms with E-state index in [1.807, 2.05) is 6.07 Å². The van der Waals surface area contributed by atoms with Gasteiger partial charge < -0.3 is 10.1 Å². The number of nitro groups is 1. The van der Waals surface area contributed by atoms with Gasteiger partial charge in [-0.15, -0.1) is 0 Å². The first-order chi connectivity index (χ1) is 11.0. The van der Waals surface area contributed by atoms with Crippen LogP contribution in [0.3, 0.4) is 0 Å². The molecule has 8 heteroatoms. The molecule has 1 N–H and O–H groups in total. The van der Waals surface area contributed by atoms with Gasteiger partial charge >= 0.3 is 5.69 Å². The van der Waals surface area contributed by atoms with Crippen LogP contribution in [0.15, 0.2) is 42.5 Å². The van der Waals surface area contributed by atoms with Crippen LogP contribution in [0.1, 0.15) is 5.56 Å². The molecule has 1 amide bonds. The number of carbonyl (C=O) groups is 1. The molecule has 0 bridgehead atoms. The zero-order valence-corrected chi connectivity index (χ0v) is 11.7. The number of ether oxygens (including phenoxy) is 1. The second-order valence-electron chi connectivity index (χ2n) is 4.40. The van der Waals surface area contributed by atoms with Crippen LogP contribution in [0, 0.1) is 27.3 Å². The van der Waals surface area contributed by atoms with Crippen LogP contribution in [0.25, 0.3) is 0 Å². The Balaban J connectivity index is 1.95. The average Bonchev–Trinajstić information content (AvgIpc) is 2.55. The molecule has 0 fully saturated rings. The number of rotatable bonds is 5. The number of anilines is 1. The van der Waals surface area contributed by atoms with E-state index in [0.29, 0.717) is 11.3 Å². The minimum atomic E-state index is -0.984. The molecule has 2 rings (SSSR count). The molecule has 0 heterocycles. The molecule has 0 unspecified atom stereocenters. The van der Waals surface area contributed by atoms with Crippen LogP contribution in [-0.4, -0.2) is 17.4 Å². The predicted octanol–water partition coefficient (Wildman–Crippen LogP) is 2.62. The van der Waals surface area contributed by atoms with Gasteiger partial charge in [0.25, 0.3) is 5.91 Å². The van der Waals surface area contributed by atoms with E-state index in [-0.39, 0.29) is 12.3 Å². The Kier molecular flexibility index (Phi) is 4.84. The largest absolute Gasteiger partial charge is 0.484 e. The number of carbonyl (C=O) groups excluding carboxylic acids is 1. The van der Waals surface area contributed by atoms with Crippen molar-refractivity contribution >= 4 is 17.3 Å².